The van der Waals surface area contributed by atoms with Crippen LogP contribution >= 0.6 is 0 Å². The molecule has 0 aromatic rings. The topological polar surface area (TPSA) is 15.3 Å². The molecule has 2 heteroatoms. The summed E-state index contributed by atoms with van der Waals surface area (Å²) < 4.78 is 0. The summed E-state index contributed by atoms with van der Waals surface area (Å²) in [6, 6.07) is 0.649. The van der Waals surface area contributed by atoms with Gasteiger partial charge in [-0.15, -0.1) is 0 Å². The van der Waals surface area contributed by atoms with Crippen molar-refractivity contribution in [1.29, 1.82) is 0 Å². The molecule has 1 aliphatic rings. The molecule has 0 amide bonds. The van der Waals surface area contributed by atoms with Gasteiger partial charge in [0.25, 0.3) is 0 Å². The van der Waals surface area contributed by atoms with Gasteiger partial charge in [0.2, 0.25) is 0 Å². The highest BCUT2D eigenvalue weighted by atomic mass is 15.2. The second-order valence-corrected chi connectivity index (χ2v) is 6.67. The Morgan fingerprint density at radius 2 is 1.55 bits per heavy atom. The normalized spacial score (nSPS) is 22.5. The minimum atomic E-state index is 0.300. The Morgan fingerprint density at radius 3 is 1.95 bits per heavy atom. The molecule has 1 rings (SSSR count). The first kappa shape index (κ1) is 18.0. The molecule has 0 aromatic heterocycles. The molecule has 0 aliphatic heterocycles. The molecule has 0 spiro atoms. The first-order chi connectivity index (χ1) is 9.63. The molecule has 1 saturated carbocycles. The highest BCUT2D eigenvalue weighted by Crippen LogP contribution is 2.34. The molecule has 1 aliphatic carbocycles. The van der Waals surface area contributed by atoms with Gasteiger partial charge in [0, 0.05) is 11.6 Å². The third kappa shape index (κ3) is 4.21. The lowest BCUT2D eigenvalue weighted by Gasteiger charge is -2.49. The van der Waals surface area contributed by atoms with Crippen molar-refractivity contribution in [2.45, 2.75) is 91.1 Å². The van der Waals surface area contributed by atoms with E-state index in [1.807, 2.05) is 0 Å². The Kier molecular flexibility index (Phi) is 8.13. The van der Waals surface area contributed by atoms with Gasteiger partial charge in [-0.05, 0) is 51.7 Å². The zero-order valence-electron chi connectivity index (χ0n) is 14.7. The van der Waals surface area contributed by atoms with E-state index in [1.165, 1.54) is 44.9 Å². The van der Waals surface area contributed by atoms with Crippen molar-refractivity contribution in [2.75, 3.05) is 19.6 Å². The van der Waals surface area contributed by atoms with Crippen LogP contribution in [0.3, 0.4) is 0 Å². The van der Waals surface area contributed by atoms with Gasteiger partial charge in [-0.2, -0.15) is 0 Å². The lowest BCUT2D eigenvalue weighted by molar-refractivity contribution is 0.0424. The predicted molar refractivity (Wildman–Crippen MR) is 90.3 cm³/mol. The van der Waals surface area contributed by atoms with Gasteiger partial charge in [0.1, 0.15) is 0 Å². The second kappa shape index (κ2) is 9.04. The van der Waals surface area contributed by atoms with Gasteiger partial charge in [-0.3, -0.25) is 4.90 Å². The summed E-state index contributed by atoms with van der Waals surface area (Å²) in [5.41, 5.74) is 0.300. The summed E-state index contributed by atoms with van der Waals surface area (Å²) in [5, 5.41) is 3.88. The quantitative estimate of drug-likeness (QED) is 0.662. The monoisotopic (exact) mass is 282 g/mol. The molecule has 2 nitrogen and oxygen atoms in total. The highest BCUT2D eigenvalue weighted by Gasteiger charge is 2.40. The first-order valence-electron chi connectivity index (χ1n) is 9.12. The molecular weight excluding hydrogens is 244 g/mol. The van der Waals surface area contributed by atoms with E-state index in [2.05, 4.69) is 44.8 Å². The fraction of sp³-hybridized carbons (Fsp3) is 1.00. The van der Waals surface area contributed by atoms with E-state index in [4.69, 9.17) is 0 Å². The van der Waals surface area contributed by atoms with Crippen molar-refractivity contribution in [3.8, 4) is 0 Å². The van der Waals surface area contributed by atoms with Crippen LogP contribution in [0.5, 0.6) is 0 Å². The SMILES string of the molecule is CCNC(C1CCCCCC1)C(C)(CC)N(CC)CC. The van der Waals surface area contributed by atoms with Crippen LogP contribution in [-0.2, 0) is 0 Å². The van der Waals surface area contributed by atoms with Crippen molar-refractivity contribution in [3.63, 3.8) is 0 Å². The lowest BCUT2D eigenvalue weighted by atomic mass is 9.76. The van der Waals surface area contributed by atoms with Crippen LogP contribution in [0.15, 0.2) is 0 Å². The van der Waals surface area contributed by atoms with Crippen LogP contribution in [0, 0.1) is 5.92 Å². The van der Waals surface area contributed by atoms with Crippen LogP contribution < -0.4 is 5.32 Å². The third-order valence-electron chi connectivity index (χ3n) is 5.67. The van der Waals surface area contributed by atoms with Gasteiger partial charge >= 0.3 is 0 Å². The molecule has 0 radical (unpaired) electrons. The second-order valence-electron chi connectivity index (χ2n) is 6.67. The largest absolute Gasteiger partial charge is 0.312 e. The molecular formula is C18H38N2. The zero-order chi connectivity index (χ0) is 15.0. The van der Waals surface area contributed by atoms with Crippen molar-refractivity contribution in [1.82, 2.24) is 10.2 Å². The zero-order valence-corrected chi connectivity index (χ0v) is 14.7. The Labute approximate surface area is 127 Å². The number of nitrogens with zero attached hydrogens (tertiary/aromatic N) is 1. The summed E-state index contributed by atoms with van der Waals surface area (Å²) in [7, 11) is 0. The number of likely N-dealkylation sites (N-methyl/N-ethyl adjacent to an activating group) is 2. The van der Waals surface area contributed by atoms with Crippen LogP contribution in [0.2, 0.25) is 0 Å². The van der Waals surface area contributed by atoms with E-state index in [0.29, 0.717) is 11.6 Å². The highest BCUT2D eigenvalue weighted by molar-refractivity contribution is 4.99. The van der Waals surface area contributed by atoms with Gasteiger partial charge in [0.15, 0.2) is 0 Å². The third-order valence-corrected chi connectivity index (χ3v) is 5.67. The molecule has 0 saturated heterocycles. The molecule has 20 heavy (non-hydrogen) atoms. The van der Waals surface area contributed by atoms with Gasteiger partial charge in [0.05, 0.1) is 0 Å². The van der Waals surface area contributed by atoms with Crippen LogP contribution in [0.1, 0.15) is 79.6 Å². The van der Waals surface area contributed by atoms with Crippen molar-refractivity contribution in [2.24, 2.45) is 5.92 Å². The molecule has 2 atom stereocenters. The maximum absolute atomic E-state index is 3.88. The van der Waals surface area contributed by atoms with E-state index in [9.17, 15) is 0 Å². The van der Waals surface area contributed by atoms with Crippen molar-refractivity contribution < 1.29 is 0 Å². The Morgan fingerprint density at radius 1 is 1.00 bits per heavy atom. The predicted octanol–water partition coefficient (Wildman–Crippen LogP) is 4.45. The summed E-state index contributed by atoms with van der Waals surface area (Å²) in [4.78, 5) is 2.69. The van der Waals surface area contributed by atoms with Gasteiger partial charge in [-0.25, -0.2) is 0 Å². The molecule has 0 aromatic carbocycles. The molecule has 0 bridgehead atoms. The average Bonchev–Trinajstić information content (AvgIpc) is 2.74. The van der Waals surface area contributed by atoms with Crippen molar-refractivity contribution >= 4 is 0 Å². The lowest BCUT2D eigenvalue weighted by Crippen LogP contribution is -2.62. The van der Waals surface area contributed by atoms with E-state index in [-0.39, 0.29) is 0 Å². The minimum absolute atomic E-state index is 0.300. The fourth-order valence-corrected chi connectivity index (χ4v) is 4.34. The maximum atomic E-state index is 3.88. The maximum Gasteiger partial charge on any atom is 0.0334 e. The molecule has 120 valence electrons. The van der Waals surface area contributed by atoms with E-state index >= 15 is 0 Å². The smallest absolute Gasteiger partial charge is 0.0334 e. The Balaban J connectivity index is 2.94. The average molecular weight is 283 g/mol. The first-order valence-corrected chi connectivity index (χ1v) is 9.12. The Bertz CT molecular complexity index is 242. The number of nitrogens with one attached hydrogen (secondary N) is 1. The summed E-state index contributed by atoms with van der Waals surface area (Å²) in [5.74, 6) is 0.864. The van der Waals surface area contributed by atoms with Crippen LogP contribution in [0.25, 0.3) is 0 Å². The van der Waals surface area contributed by atoms with Gasteiger partial charge < -0.3 is 5.32 Å². The van der Waals surface area contributed by atoms with Crippen LogP contribution in [0.4, 0.5) is 0 Å². The standard InChI is InChI=1S/C18H38N2/c1-6-18(5,20(8-3)9-4)17(19-7-2)16-14-12-10-11-13-15-16/h16-17,19H,6-15H2,1-5H3. The molecule has 1 fully saturated rings. The van der Waals surface area contributed by atoms with Gasteiger partial charge in [-0.1, -0.05) is 53.4 Å². The van der Waals surface area contributed by atoms with Crippen LogP contribution in [-0.4, -0.2) is 36.1 Å². The number of rotatable bonds is 8. The fourth-order valence-electron chi connectivity index (χ4n) is 4.34. The molecule has 1 N–H and O–H groups in total. The van der Waals surface area contributed by atoms with E-state index in [1.54, 1.807) is 0 Å². The van der Waals surface area contributed by atoms with E-state index < -0.39 is 0 Å². The molecule has 2 unspecified atom stereocenters. The Hall–Kier alpha value is -0.0800. The number of hydrogen-bond acceptors (Lipinski definition) is 2. The van der Waals surface area contributed by atoms with Crippen molar-refractivity contribution in [3.05, 3.63) is 0 Å². The summed E-state index contributed by atoms with van der Waals surface area (Å²) in [6.45, 7) is 15.2. The molecule has 0 heterocycles. The number of hydrogen-bond donors (Lipinski definition) is 1. The summed E-state index contributed by atoms with van der Waals surface area (Å²) in [6.07, 6.45) is 9.86. The summed E-state index contributed by atoms with van der Waals surface area (Å²) >= 11 is 0. The minimum Gasteiger partial charge on any atom is -0.312 e. The van der Waals surface area contributed by atoms with E-state index in [0.717, 1.165) is 25.6 Å².